The summed E-state index contributed by atoms with van der Waals surface area (Å²) in [6.07, 6.45) is 2.99. The van der Waals surface area contributed by atoms with Crippen LogP contribution >= 0.6 is 0 Å². The maximum absolute atomic E-state index is 11.6. The van der Waals surface area contributed by atoms with Crippen molar-refractivity contribution in [2.45, 2.75) is 6.92 Å². The van der Waals surface area contributed by atoms with E-state index in [1.54, 1.807) is 12.3 Å². The summed E-state index contributed by atoms with van der Waals surface area (Å²) in [6.45, 7) is 1.98. The Balaban J connectivity index is 2.29. The molecule has 0 radical (unpaired) electrons. The molecule has 3 rings (SSSR count). The second-order valence-electron chi connectivity index (χ2n) is 4.02. The van der Waals surface area contributed by atoms with Gasteiger partial charge in [0.05, 0.1) is 6.26 Å². The van der Waals surface area contributed by atoms with E-state index in [-0.39, 0.29) is 0 Å². The van der Waals surface area contributed by atoms with E-state index in [4.69, 9.17) is 4.42 Å². The minimum Gasteiger partial charge on any atom is -0.430 e. The predicted molar refractivity (Wildman–Crippen MR) is 68.2 cm³/mol. The molecular formula is C14H10N2O2. The third-order valence-electron chi connectivity index (χ3n) is 2.82. The molecule has 3 aromatic rings. The zero-order valence-electron chi connectivity index (χ0n) is 9.75. The Hall–Kier alpha value is -2.49. The van der Waals surface area contributed by atoms with Crippen LogP contribution in [0, 0.1) is 6.92 Å². The van der Waals surface area contributed by atoms with Crippen molar-refractivity contribution in [2.24, 2.45) is 0 Å². The lowest BCUT2D eigenvalue weighted by Gasteiger charge is -2.04. The number of hydrogen-bond acceptors (Lipinski definition) is 4. The Morgan fingerprint density at radius 1 is 1.17 bits per heavy atom. The topological polar surface area (TPSA) is 56.0 Å². The lowest BCUT2D eigenvalue weighted by Crippen LogP contribution is -2.03. The first kappa shape index (κ1) is 10.7. The van der Waals surface area contributed by atoms with Crippen molar-refractivity contribution < 1.29 is 4.42 Å². The number of benzene rings is 1. The molecule has 0 atom stereocenters. The monoisotopic (exact) mass is 238 g/mol. The van der Waals surface area contributed by atoms with Gasteiger partial charge in [0.15, 0.2) is 11.3 Å². The van der Waals surface area contributed by atoms with Gasteiger partial charge in [0, 0.05) is 17.1 Å². The Morgan fingerprint density at radius 2 is 2.00 bits per heavy atom. The molecule has 0 aliphatic carbocycles. The second kappa shape index (κ2) is 4.07. The average molecular weight is 238 g/mol. The van der Waals surface area contributed by atoms with Crippen molar-refractivity contribution in [2.75, 3.05) is 0 Å². The molecule has 0 aliphatic rings. The molecule has 0 amide bonds. The van der Waals surface area contributed by atoms with Crippen molar-refractivity contribution in [1.82, 2.24) is 9.97 Å². The van der Waals surface area contributed by atoms with Crippen LogP contribution in [0.4, 0.5) is 0 Å². The highest BCUT2D eigenvalue weighted by Crippen LogP contribution is 2.20. The van der Waals surface area contributed by atoms with Gasteiger partial charge in [-0.2, -0.15) is 0 Å². The van der Waals surface area contributed by atoms with Crippen LogP contribution in [0.3, 0.4) is 0 Å². The molecule has 0 saturated heterocycles. The summed E-state index contributed by atoms with van der Waals surface area (Å²) in [4.78, 5) is 20.2. The van der Waals surface area contributed by atoms with Crippen LogP contribution in [-0.2, 0) is 0 Å². The Kier molecular flexibility index (Phi) is 2.41. The van der Waals surface area contributed by atoms with Crippen LogP contribution in [-0.4, -0.2) is 9.97 Å². The predicted octanol–water partition coefficient (Wildman–Crippen LogP) is 2.56. The first-order valence-corrected chi connectivity index (χ1v) is 5.56. The SMILES string of the molecule is Cc1ccccc1-c1ncc2ccoc(=O)c2n1. The normalized spacial score (nSPS) is 10.7. The molecule has 4 heteroatoms. The van der Waals surface area contributed by atoms with Gasteiger partial charge in [-0.3, -0.25) is 0 Å². The number of hydrogen-bond donors (Lipinski definition) is 0. The van der Waals surface area contributed by atoms with Crippen molar-refractivity contribution in [3.8, 4) is 11.4 Å². The molecule has 88 valence electrons. The van der Waals surface area contributed by atoms with Crippen LogP contribution in [0.2, 0.25) is 0 Å². The molecule has 0 aliphatic heterocycles. The molecule has 0 unspecified atom stereocenters. The zero-order valence-corrected chi connectivity index (χ0v) is 9.75. The van der Waals surface area contributed by atoms with Crippen LogP contribution in [0.15, 0.2) is 52.0 Å². The first-order chi connectivity index (χ1) is 8.75. The third-order valence-corrected chi connectivity index (χ3v) is 2.82. The van der Waals surface area contributed by atoms with Crippen LogP contribution in [0.1, 0.15) is 5.56 Å². The van der Waals surface area contributed by atoms with E-state index < -0.39 is 5.63 Å². The summed E-state index contributed by atoms with van der Waals surface area (Å²) in [5, 5.41) is 0.684. The van der Waals surface area contributed by atoms with E-state index in [2.05, 4.69) is 9.97 Å². The Bertz CT molecular complexity index is 778. The van der Waals surface area contributed by atoms with E-state index in [0.29, 0.717) is 16.7 Å². The fourth-order valence-electron chi connectivity index (χ4n) is 1.86. The number of rotatable bonds is 1. The minimum absolute atomic E-state index is 0.311. The van der Waals surface area contributed by atoms with E-state index in [1.165, 1.54) is 6.26 Å². The summed E-state index contributed by atoms with van der Waals surface area (Å²) in [5.41, 5.74) is 1.86. The molecule has 2 heterocycles. The van der Waals surface area contributed by atoms with Gasteiger partial charge in [-0.05, 0) is 18.6 Å². The van der Waals surface area contributed by atoms with Crippen LogP contribution in [0.5, 0.6) is 0 Å². The van der Waals surface area contributed by atoms with Gasteiger partial charge in [-0.15, -0.1) is 0 Å². The Labute approximate surface area is 103 Å². The summed E-state index contributed by atoms with van der Waals surface area (Å²) >= 11 is 0. The lowest BCUT2D eigenvalue weighted by molar-refractivity contribution is 0.517. The fourth-order valence-corrected chi connectivity index (χ4v) is 1.86. The molecule has 0 fully saturated rings. The molecule has 0 saturated carbocycles. The largest absolute Gasteiger partial charge is 0.430 e. The Morgan fingerprint density at radius 3 is 2.83 bits per heavy atom. The van der Waals surface area contributed by atoms with Gasteiger partial charge in [0.1, 0.15) is 0 Å². The summed E-state index contributed by atoms with van der Waals surface area (Å²) < 4.78 is 4.82. The van der Waals surface area contributed by atoms with E-state index in [9.17, 15) is 4.79 Å². The molecule has 0 N–H and O–H groups in total. The maximum atomic E-state index is 11.6. The van der Waals surface area contributed by atoms with Crippen molar-refractivity contribution in [3.05, 3.63) is 58.8 Å². The van der Waals surface area contributed by atoms with Gasteiger partial charge in [-0.1, -0.05) is 24.3 Å². The van der Waals surface area contributed by atoms with E-state index >= 15 is 0 Å². The number of nitrogens with zero attached hydrogens (tertiary/aromatic N) is 2. The van der Waals surface area contributed by atoms with Crippen molar-refractivity contribution >= 4 is 10.9 Å². The molecule has 0 bridgehead atoms. The number of aromatic nitrogens is 2. The van der Waals surface area contributed by atoms with Crippen LogP contribution in [0.25, 0.3) is 22.3 Å². The van der Waals surface area contributed by atoms with Gasteiger partial charge in [0.2, 0.25) is 0 Å². The molecule has 2 aromatic heterocycles. The fraction of sp³-hybridized carbons (Fsp3) is 0.0714. The number of fused-ring (bicyclic) bond motifs is 1. The molecule has 18 heavy (non-hydrogen) atoms. The summed E-state index contributed by atoms with van der Waals surface area (Å²) in [6, 6.07) is 9.47. The minimum atomic E-state index is -0.440. The van der Waals surface area contributed by atoms with Gasteiger partial charge in [0.25, 0.3) is 0 Å². The van der Waals surface area contributed by atoms with Crippen molar-refractivity contribution in [1.29, 1.82) is 0 Å². The highest BCUT2D eigenvalue weighted by molar-refractivity contribution is 5.78. The lowest BCUT2D eigenvalue weighted by atomic mass is 10.1. The van der Waals surface area contributed by atoms with Gasteiger partial charge in [-0.25, -0.2) is 14.8 Å². The van der Waals surface area contributed by atoms with E-state index in [1.807, 2.05) is 31.2 Å². The average Bonchev–Trinajstić information content (AvgIpc) is 2.40. The summed E-state index contributed by atoms with van der Waals surface area (Å²) in [7, 11) is 0. The van der Waals surface area contributed by atoms with E-state index in [0.717, 1.165) is 11.1 Å². The second-order valence-corrected chi connectivity index (χ2v) is 4.02. The zero-order chi connectivity index (χ0) is 12.5. The number of aryl methyl sites for hydroxylation is 1. The third kappa shape index (κ3) is 1.68. The van der Waals surface area contributed by atoms with Crippen LogP contribution < -0.4 is 5.63 Å². The summed E-state index contributed by atoms with van der Waals surface area (Å²) in [5.74, 6) is 0.541. The molecule has 4 nitrogen and oxygen atoms in total. The van der Waals surface area contributed by atoms with Crippen molar-refractivity contribution in [3.63, 3.8) is 0 Å². The standard InChI is InChI=1S/C14H10N2O2/c1-9-4-2-3-5-11(9)13-15-8-10-6-7-18-14(17)12(10)16-13/h2-8H,1H3. The highest BCUT2D eigenvalue weighted by atomic mass is 16.4. The first-order valence-electron chi connectivity index (χ1n) is 5.56. The molecule has 0 spiro atoms. The smallest absolute Gasteiger partial charge is 0.362 e. The maximum Gasteiger partial charge on any atom is 0.362 e. The van der Waals surface area contributed by atoms with Gasteiger partial charge < -0.3 is 4.42 Å². The molecule has 1 aromatic carbocycles. The quantitative estimate of drug-likeness (QED) is 0.653. The highest BCUT2D eigenvalue weighted by Gasteiger charge is 2.07. The van der Waals surface area contributed by atoms with Gasteiger partial charge >= 0.3 is 5.63 Å². The molecular weight excluding hydrogens is 228 g/mol.